The quantitative estimate of drug-likeness (QED) is 0.845. The van der Waals surface area contributed by atoms with Crippen molar-refractivity contribution in [2.45, 2.75) is 57.8 Å². The van der Waals surface area contributed by atoms with E-state index < -0.39 is 6.04 Å². The van der Waals surface area contributed by atoms with Crippen molar-refractivity contribution in [3.05, 3.63) is 53.9 Å². The van der Waals surface area contributed by atoms with E-state index >= 15 is 0 Å². The highest BCUT2D eigenvalue weighted by molar-refractivity contribution is 5.90. The van der Waals surface area contributed by atoms with Gasteiger partial charge in [-0.15, -0.1) is 0 Å². The van der Waals surface area contributed by atoms with E-state index in [2.05, 4.69) is 12.2 Å². The number of methoxy groups -OCH3 is 1. The summed E-state index contributed by atoms with van der Waals surface area (Å²) >= 11 is 0. The van der Waals surface area contributed by atoms with Gasteiger partial charge in [-0.1, -0.05) is 31.9 Å². The summed E-state index contributed by atoms with van der Waals surface area (Å²) in [7, 11) is 1.63. The number of hydrogen-bond acceptors (Lipinski definition) is 3. The number of nitrogens with one attached hydrogen (secondary N) is 1. The maximum absolute atomic E-state index is 13.4. The molecule has 4 rings (SSSR count). The summed E-state index contributed by atoms with van der Waals surface area (Å²) in [5.41, 5.74) is 1.85. The Balaban J connectivity index is 1.59. The molecule has 2 heterocycles. The molecule has 6 nitrogen and oxygen atoms in total. The fourth-order valence-corrected chi connectivity index (χ4v) is 4.54. The molecule has 0 saturated heterocycles. The fourth-order valence-electron chi connectivity index (χ4n) is 4.54. The Labute approximate surface area is 171 Å². The van der Waals surface area contributed by atoms with E-state index in [9.17, 15) is 9.59 Å². The second-order valence-electron chi connectivity index (χ2n) is 8.21. The van der Waals surface area contributed by atoms with Crippen molar-refractivity contribution in [2.75, 3.05) is 7.11 Å². The largest absolute Gasteiger partial charge is 0.497 e. The molecule has 154 valence electrons. The number of fused-ring (bicyclic) bond motifs is 1. The number of aromatic nitrogens is 1. The van der Waals surface area contributed by atoms with Crippen LogP contribution < -0.4 is 10.1 Å². The average Bonchev–Trinajstić information content (AvgIpc) is 3.18. The third kappa shape index (κ3) is 4.02. The second-order valence-corrected chi connectivity index (χ2v) is 8.21. The number of carbonyl (C=O) groups excluding carboxylic acids is 2. The number of rotatable bonds is 5. The number of nitrogens with zero attached hydrogens (tertiary/aromatic N) is 2. The Kier molecular flexibility index (Phi) is 5.60. The van der Waals surface area contributed by atoms with Crippen LogP contribution in [0.25, 0.3) is 0 Å². The zero-order valence-electron chi connectivity index (χ0n) is 17.1. The number of hydrogen-bond donors (Lipinski definition) is 1. The first-order valence-electron chi connectivity index (χ1n) is 10.4. The monoisotopic (exact) mass is 395 g/mol. The Bertz CT molecular complexity index is 874. The van der Waals surface area contributed by atoms with E-state index in [4.69, 9.17) is 4.74 Å². The molecule has 1 aromatic heterocycles. The van der Waals surface area contributed by atoms with Gasteiger partial charge in [-0.3, -0.25) is 9.59 Å². The maximum Gasteiger partial charge on any atom is 0.249 e. The molecule has 6 heteroatoms. The molecule has 1 aliphatic carbocycles. The Morgan fingerprint density at radius 2 is 1.93 bits per heavy atom. The topological polar surface area (TPSA) is 63.6 Å². The summed E-state index contributed by atoms with van der Waals surface area (Å²) in [6, 6.07) is 11.1. The molecule has 1 aliphatic heterocycles. The lowest BCUT2D eigenvalue weighted by Gasteiger charge is -2.38. The summed E-state index contributed by atoms with van der Waals surface area (Å²) < 4.78 is 7.11. The van der Waals surface area contributed by atoms with Gasteiger partial charge in [0.1, 0.15) is 12.3 Å². The van der Waals surface area contributed by atoms with Crippen LogP contribution in [0.5, 0.6) is 5.75 Å². The van der Waals surface area contributed by atoms with E-state index in [0.29, 0.717) is 12.5 Å². The molecular weight excluding hydrogens is 366 g/mol. The molecule has 2 aliphatic rings. The lowest BCUT2D eigenvalue weighted by atomic mass is 9.85. The van der Waals surface area contributed by atoms with Gasteiger partial charge < -0.3 is 19.5 Å². The molecular formula is C23H29N3O3. The molecule has 0 radical (unpaired) electrons. The third-order valence-corrected chi connectivity index (χ3v) is 6.28. The van der Waals surface area contributed by atoms with Gasteiger partial charge in [-0.25, -0.2) is 0 Å². The number of ether oxygens (including phenoxy) is 1. The highest BCUT2D eigenvalue weighted by atomic mass is 16.5. The molecule has 2 amide bonds. The van der Waals surface area contributed by atoms with Crippen molar-refractivity contribution >= 4 is 11.8 Å². The zero-order chi connectivity index (χ0) is 20.4. The summed E-state index contributed by atoms with van der Waals surface area (Å²) in [5, 5.41) is 3.26. The molecule has 1 aromatic carbocycles. The van der Waals surface area contributed by atoms with Crippen LogP contribution in [0.1, 0.15) is 49.9 Å². The SMILES string of the molecule is COc1ccc(CN2C(=O)Cn3cccc3[C@@H]2C(=O)N[C@H]2CCCC[C@@H]2C)cc1. The van der Waals surface area contributed by atoms with Gasteiger partial charge in [0, 0.05) is 18.8 Å². The van der Waals surface area contributed by atoms with Gasteiger partial charge in [0.25, 0.3) is 0 Å². The van der Waals surface area contributed by atoms with Gasteiger partial charge >= 0.3 is 0 Å². The van der Waals surface area contributed by atoms with Crippen molar-refractivity contribution < 1.29 is 14.3 Å². The van der Waals surface area contributed by atoms with Crippen LogP contribution in [-0.2, 0) is 22.7 Å². The minimum Gasteiger partial charge on any atom is -0.497 e. The average molecular weight is 396 g/mol. The van der Waals surface area contributed by atoms with Crippen LogP contribution in [0.2, 0.25) is 0 Å². The van der Waals surface area contributed by atoms with E-state index in [1.54, 1.807) is 12.0 Å². The van der Waals surface area contributed by atoms with Crippen LogP contribution in [0.4, 0.5) is 0 Å². The summed E-state index contributed by atoms with van der Waals surface area (Å²) in [6.45, 7) is 2.86. The van der Waals surface area contributed by atoms with E-state index in [1.807, 2.05) is 47.2 Å². The van der Waals surface area contributed by atoms with Crippen molar-refractivity contribution in [3.63, 3.8) is 0 Å². The highest BCUT2D eigenvalue weighted by Crippen LogP contribution is 2.31. The minimum atomic E-state index is -0.609. The third-order valence-electron chi connectivity index (χ3n) is 6.28. The van der Waals surface area contributed by atoms with Gasteiger partial charge in [0.15, 0.2) is 6.04 Å². The molecule has 29 heavy (non-hydrogen) atoms. The van der Waals surface area contributed by atoms with Crippen molar-refractivity contribution in [3.8, 4) is 5.75 Å². The smallest absolute Gasteiger partial charge is 0.249 e. The normalized spacial score (nSPS) is 24.1. The number of amides is 2. The molecule has 1 fully saturated rings. The Hall–Kier alpha value is -2.76. The predicted molar refractivity (Wildman–Crippen MR) is 110 cm³/mol. The molecule has 2 aromatic rings. The van der Waals surface area contributed by atoms with Crippen molar-refractivity contribution in [1.29, 1.82) is 0 Å². The van der Waals surface area contributed by atoms with Gasteiger partial charge in [0.2, 0.25) is 11.8 Å². The fraction of sp³-hybridized carbons (Fsp3) is 0.478. The van der Waals surface area contributed by atoms with Crippen molar-refractivity contribution in [1.82, 2.24) is 14.8 Å². The molecule has 0 bridgehead atoms. The van der Waals surface area contributed by atoms with Crippen LogP contribution in [0.3, 0.4) is 0 Å². The van der Waals surface area contributed by atoms with Gasteiger partial charge in [0.05, 0.1) is 12.8 Å². The molecule has 1 N–H and O–H groups in total. The Morgan fingerprint density at radius 1 is 1.17 bits per heavy atom. The molecule has 0 spiro atoms. The first-order valence-corrected chi connectivity index (χ1v) is 10.4. The molecule has 0 unspecified atom stereocenters. The summed E-state index contributed by atoms with van der Waals surface area (Å²) in [4.78, 5) is 28.0. The zero-order valence-corrected chi connectivity index (χ0v) is 17.1. The standard InChI is InChI=1S/C23H29N3O3/c1-16-6-3-4-7-19(16)24-23(28)22-20-8-5-13-25(20)15-21(27)26(22)14-17-9-11-18(29-2)12-10-17/h5,8-13,16,19,22H,3-4,6-7,14-15H2,1-2H3,(H,24,28)/t16-,19-,22+/m0/s1. The lowest BCUT2D eigenvalue weighted by Crippen LogP contribution is -2.51. The predicted octanol–water partition coefficient (Wildman–Crippen LogP) is 3.28. The van der Waals surface area contributed by atoms with E-state index in [-0.39, 0.29) is 24.4 Å². The molecule has 1 saturated carbocycles. The number of benzene rings is 1. The summed E-state index contributed by atoms with van der Waals surface area (Å²) in [6.07, 6.45) is 6.39. The molecule has 3 atom stereocenters. The lowest BCUT2D eigenvalue weighted by molar-refractivity contribution is -0.145. The van der Waals surface area contributed by atoms with Gasteiger partial charge in [-0.05, 0) is 48.6 Å². The van der Waals surface area contributed by atoms with Crippen LogP contribution in [-0.4, -0.2) is 34.4 Å². The van der Waals surface area contributed by atoms with E-state index in [1.165, 1.54) is 6.42 Å². The summed E-state index contributed by atoms with van der Waals surface area (Å²) in [5.74, 6) is 1.12. The van der Waals surface area contributed by atoms with Crippen molar-refractivity contribution in [2.24, 2.45) is 5.92 Å². The van der Waals surface area contributed by atoms with Gasteiger partial charge in [-0.2, -0.15) is 0 Å². The first kappa shape index (κ1) is 19.6. The second kappa shape index (κ2) is 8.31. The minimum absolute atomic E-state index is 0.0404. The van der Waals surface area contributed by atoms with Crippen LogP contribution in [0.15, 0.2) is 42.6 Å². The first-order chi connectivity index (χ1) is 14.1. The Morgan fingerprint density at radius 3 is 2.66 bits per heavy atom. The van der Waals surface area contributed by atoms with Crippen LogP contribution in [0, 0.1) is 5.92 Å². The maximum atomic E-state index is 13.4. The number of carbonyl (C=O) groups is 2. The highest BCUT2D eigenvalue weighted by Gasteiger charge is 2.38. The van der Waals surface area contributed by atoms with Crippen LogP contribution >= 0.6 is 0 Å². The van der Waals surface area contributed by atoms with E-state index in [0.717, 1.165) is 36.3 Å².